The first kappa shape index (κ1) is 12.1. The molecule has 92 valence electrons. The van der Waals surface area contributed by atoms with Crippen LogP contribution in [-0.2, 0) is 0 Å². The Morgan fingerprint density at radius 3 is 2.67 bits per heavy atom. The van der Waals surface area contributed by atoms with Gasteiger partial charge in [0.2, 0.25) is 0 Å². The van der Waals surface area contributed by atoms with Crippen LogP contribution in [0.1, 0.15) is 21.5 Å². The fraction of sp³-hybridized carbons (Fsp3) is 0.143. The highest BCUT2D eigenvalue weighted by Gasteiger charge is 2.08. The average Bonchev–Trinajstić information content (AvgIpc) is 2.32. The van der Waals surface area contributed by atoms with E-state index in [9.17, 15) is 9.90 Å². The Bertz CT molecular complexity index is 594. The number of nitrogens with zero attached hydrogens (tertiary/aromatic N) is 1. The van der Waals surface area contributed by atoms with Crippen LogP contribution in [0.4, 0.5) is 5.69 Å². The van der Waals surface area contributed by atoms with Crippen LogP contribution < -0.4 is 5.32 Å². The van der Waals surface area contributed by atoms with Gasteiger partial charge in [0.1, 0.15) is 5.75 Å². The standard InChI is InChI=1S/C14H14N2O2/c1-9-5-12(8-15-7-9)16-14(18)11-4-3-10(2)13(17)6-11/h3-8,17H,1-2H3,(H,16,18). The maximum absolute atomic E-state index is 11.9. The fourth-order valence-corrected chi connectivity index (χ4v) is 1.58. The maximum atomic E-state index is 11.9. The molecule has 1 aromatic heterocycles. The number of aromatic nitrogens is 1. The van der Waals surface area contributed by atoms with E-state index in [0.29, 0.717) is 11.3 Å². The topological polar surface area (TPSA) is 62.2 Å². The number of aryl methyl sites for hydroxylation is 2. The first-order chi connectivity index (χ1) is 8.56. The van der Waals surface area contributed by atoms with Crippen molar-refractivity contribution < 1.29 is 9.90 Å². The van der Waals surface area contributed by atoms with Gasteiger partial charge in [0, 0.05) is 11.8 Å². The highest BCUT2D eigenvalue weighted by molar-refractivity contribution is 6.04. The minimum absolute atomic E-state index is 0.116. The van der Waals surface area contributed by atoms with Crippen LogP contribution in [0, 0.1) is 13.8 Å². The molecule has 0 spiro atoms. The van der Waals surface area contributed by atoms with Crippen molar-refractivity contribution in [1.82, 2.24) is 4.98 Å². The number of phenolic OH excluding ortho intramolecular Hbond substituents is 1. The summed E-state index contributed by atoms with van der Waals surface area (Å²) in [5.41, 5.74) is 2.77. The van der Waals surface area contributed by atoms with Crippen LogP contribution in [0.25, 0.3) is 0 Å². The number of amides is 1. The van der Waals surface area contributed by atoms with Crippen LogP contribution in [-0.4, -0.2) is 16.0 Å². The summed E-state index contributed by atoms with van der Waals surface area (Å²) in [7, 11) is 0. The highest BCUT2D eigenvalue weighted by Crippen LogP contribution is 2.18. The minimum Gasteiger partial charge on any atom is -0.508 e. The van der Waals surface area contributed by atoms with Gasteiger partial charge < -0.3 is 10.4 Å². The number of hydrogen-bond acceptors (Lipinski definition) is 3. The van der Waals surface area contributed by atoms with Crippen molar-refractivity contribution in [3.8, 4) is 5.75 Å². The number of rotatable bonds is 2. The third-order valence-corrected chi connectivity index (χ3v) is 2.60. The second-order valence-electron chi connectivity index (χ2n) is 4.21. The lowest BCUT2D eigenvalue weighted by molar-refractivity contribution is 0.102. The van der Waals surface area contributed by atoms with E-state index in [1.165, 1.54) is 6.07 Å². The monoisotopic (exact) mass is 242 g/mol. The number of nitrogens with one attached hydrogen (secondary N) is 1. The lowest BCUT2D eigenvalue weighted by atomic mass is 10.1. The molecule has 2 rings (SSSR count). The smallest absolute Gasteiger partial charge is 0.255 e. The van der Waals surface area contributed by atoms with Crippen LogP contribution in [0.3, 0.4) is 0 Å². The molecule has 0 aliphatic heterocycles. The van der Waals surface area contributed by atoms with Crippen molar-refractivity contribution in [2.45, 2.75) is 13.8 Å². The van der Waals surface area contributed by atoms with Gasteiger partial charge >= 0.3 is 0 Å². The zero-order chi connectivity index (χ0) is 13.1. The summed E-state index contributed by atoms with van der Waals surface area (Å²) in [5, 5.41) is 12.3. The molecule has 0 unspecified atom stereocenters. The van der Waals surface area contributed by atoms with Crippen molar-refractivity contribution >= 4 is 11.6 Å². The van der Waals surface area contributed by atoms with Crippen molar-refractivity contribution in [3.05, 3.63) is 53.3 Å². The Balaban J connectivity index is 2.19. The molecule has 18 heavy (non-hydrogen) atoms. The number of pyridine rings is 1. The van der Waals surface area contributed by atoms with E-state index < -0.39 is 0 Å². The average molecular weight is 242 g/mol. The molecule has 1 amide bonds. The lowest BCUT2D eigenvalue weighted by Gasteiger charge is -2.06. The number of benzene rings is 1. The molecule has 0 saturated heterocycles. The van der Waals surface area contributed by atoms with E-state index in [0.717, 1.165) is 11.1 Å². The molecule has 0 bridgehead atoms. The van der Waals surface area contributed by atoms with Gasteiger partial charge in [-0.1, -0.05) is 6.07 Å². The van der Waals surface area contributed by atoms with Crippen LogP contribution >= 0.6 is 0 Å². The number of phenols is 1. The van der Waals surface area contributed by atoms with Crippen LogP contribution in [0.5, 0.6) is 5.75 Å². The van der Waals surface area contributed by atoms with E-state index in [2.05, 4.69) is 10.3 Å². The molecule has 0 aliphatic carbocycles. The molecule has 0 atom stereocenters. The summed E-state index contributed by atoms with van der Waals surface area (Å²) in [5.74, 6) is -0.150. The Morgan fingerprint density at radius 2 is 2.00 bits per heavy atom. The molecule has 4 heteroatoms. The molecule has 1 aromatic carbocycles. The maximum Gasteiger partial charge on any atom is 0.255 e. The zero-order valence-corrected chi connectivity index (χ0v) is 10.3. The number of carbonyl (C=O) groups is 1. The highest BCUT2D eigenvalue weighted by atomic mass is 16.3. The van der Waals surface area contributed by atoms with E-state index >= 15 is 0 Å². The molecule has 2 aromatic rings. The summed E-state index contributed by atoms with van der Waals surface area (Å²) in [6.45, 7) is 3.68. The van der Waals surface area contributed by atoms with Gasteiger partial charge in [-0.05, 0) is 43.2 Å². The van der Waals surface area contributed by atoms with E-state index in [-0.39, 0.29) is 11.7 Å². The van der Waals surface area contributed by atoms with Crippen LogP contribution in [0.2, 0.25) is 0 Å². The SMILES string of the molecule is Cc1cncc(NC(=O)c2ccc(C)c(O)c2)c1. The largest absolute Gasteiger partial charge is 0.508 e. The minimum atomic E-state index is -0.266. The molecule has 4 nitrogen and oxygen atoms in total. The molecule has 0 aliphatic rings. The Hall–Kier alpha value is -2.36. The summed E-state index contributed by atoms with van der Waals surface area (Å²) >= 11 is 0. The summed E-state index contributed by atoms with van der Waals surface area (Å²) < 4.78 is 0. The van der Waals surface area contributed by atoms with Gasteiger partial charge in [0.25, 0.3) is 5.91 Å². The number of carbonyl (C=O) groups excluding carboxylic acids is 1. The van der Waals surface area contributed by atoms with E-state index in [4.69, 9.17) is 0 Å². The van der Waals surface area contributed by atoms with Gasteiger partial charge in [-0.3, -0.25) is 9.78 Å². The Morgan fingerprint density at radius 1 is 1.22 bits per heavy atom. The van der Waals surface area contributed by atoms with E-state index in [1.54, 1.807) is 31.5 Å². The van der Waals surface area contributed by atoms with E-state index in [1.807, 2.05) is 13.0 Å². The number of hydrogen-bond donors (Lipinski definition) is 2. The molecule has 2 N–H and O–H groups in total. The van der Waals surface area contributed by atoms with Gasteiger partial charge in [-0.2, -0.15) is 0 Å². The second-order valence-corrected chi connectivity index (χ2v) is 4.21. The summed E-state index contributed by atoms with van der Waals surface area (Å²) in [4.78, 5) is 15.9. The van der Waals surface area contributed by atoms with Crippen molar-refractivity contribution in [1.29, 1.82) is 0 Å². The molecular formula is C14H14N2O2. The molecule has 0 radical (unpaired) electrons. The van der Waals surface area contributed by atoms with Crippen LogP contribution in [0.15, 0.2) is 36.7 Å². The normalized spacial score (nSPS) is 10.1. The van der Waals surface area contributed by atoms with Crippen molar-refractivity contribution in [2.75, 3.05) is 5.32 Å². The zero-order valence-electron chi connectivity index (χ0n) is 10.3. The Kier molecular flexibility index (Phi) is 3.28. The number of aromatic hydroxyl groups is 1. The van der Waals surface area contributed by atoms with Crippen molar-refractivity contribution in [3.63, 3.8) is 0 Å². The third kappa shape index (κ3) is 2.66. The second kappa shape index (κ2) is 4.87. The van der Waals surface area contributed by atoms with Gasteiger partial charge in [-0.15, -0.1) is 0 Å². The van der Waals surface area contributed by atoms with Crippen molar-refractivity contribution in [2.24, 2.45) is 0 Å². The van der Waals surface area contributed by atoms with Gasteiger partial charge in [0.15, 0.2) is 0 Å². The summed E-state index contributed by atoms with van der Waals surface area (Å²) in [6, 6.07) is 6.67. The first-order valence-corrected chi connectivity index (χ1v) is 5.59. The molecular weight excluding hydrogens is 228 g/mol. The predicted molar refractivity (Wildman–Crippen MR) is 69.8 cm³/mol. The number of anilines is 1. The quantitative estimate of drug-likeness (QED) is 0.851. The van der Waals surface area contributed by atoms with Gasteiger partial charge in [-0.25, -0.2) is 0 Å². The first-order valence-electron chi connectivity index (χ1n) is 5.59. The third-order valence-electron chi connectivity index (χ3n) is 2.60. The summed E-state index contributed by atoms with van der Waals surface area (Å²) in [6.07, 6.45) is 3.30. The lowest BCUT2D eigenvalue weighted by Crippen LogP contribution is -2.12. The van der Waals surface area contributed by atoms with Gasteiger partial charge in [0.05, 0.1) is 11.9 Å². The fourth-order valence-electron chi connectivity index (χ4n) is 1.58. The molecule has 0 saturated carbocycles. The molecule has 0 fully saturated rings. The Labute approximate surface area is 105 Å². The molecule has 1 heterocycles. The predicted octanol–water partition coefficient (Wildman–Crippen LogP) is 2.66.